The summed E-state index contributed by atoms with van der Waals surface area (Å²) in [6.07, 6.45) is 3.01. The van der Waals surface area contributed by atoms with E-state index in [1.807, 2.05) is 39.8 Å². The van der Waals surface area contributed by atoms with E-state index in [1.54, 1.807) is 12.4 Å². The Labute approximate surface area is 199 Å². The molecule has 2 heterocycles. The molecule has 0 bridgehead atoms. The van der Waals surface area contributed by atoms with Gasteiger partial charge in [-0.2, -0.15) is 0 Å². The number of hydrogen-bond acceptors (Lipinski definition) is 4. The van der Waals surface area contributed by atoms with Gasteiger partial charge in [-0.05, 0) is 62.9 Å². The third-order valence-corrected chi connectivity index (χ3v) is 6.01. The van der Waals surface area contributed by atoms with Gasteiger partial charge in [0.15, 0.2) is 0 Å². The van der Waals surface area contributed by atoms with E-state index in [2.05, 4.69) is 44.8 Å². The smallest absolute Gasteiger partial charge is 0.404 e. The van der Waals surface area contributed by atoms with Crippen LogP contribution >= 0.6 is 0 Å². The van der Waals surface area contributed by atoms with Crippen molar-refractivity contribution in [2.45, 2.75) is 40.2 Å². The summed E-state index contributed by atoms with van der Waals surface area (Å²) in [7, 11) is 0. The molecule has 34 heavy (non-hydrogen) atoms. The molecule has 3 N–H and O–H groups in total. The summed E-state index contributed by atoms with van der Waals surface area (Å²) in [5.74, 6) is -0.242. The van der Waals surface area contributed by atoms with E-state index in [9.17, 15) is 14.7 Å². The highest BCUT2D eigenvalue weighted by Gasteiger charge is 2.29. The number of benzene rings is 2. The Kier molecular flexibility index (Phi) is 6.54. The molecule has 1 aromatic heterocycles. The van der Waals surface area contributed by atoms with E-state index in [4.69, 9.17) is 0 Å². The molecule has 1 fully saturated rings. The third-order valence-electron chi connectivity index (χ3n) is 6.01. The average molecular weight is 459 g/mol. The van der Waals surface area contributed by atoms with Crippen molar-refractivity contribution in [3.8, 4) is 11.1 Å². The van der Waals surface area contributed by atoms with Gasteiger partial charge in [-0.15, -0.1) is 0 Å². The quantitative estimate of drug-likeness (QED) is 0.496. The number of anilines is 2. The van der Waals surface area contributed by atoms with Crippen molar-refractivity contribution in [3.05, 3.63) is 76.6 Å². The van der Waals surface area contributed by atoms with E-state index in [-0.39, 0.29) is 11.9 Å². The number of carboxylic acid groups (broad SMARTS) is 1. The lowest BCUT2D eigenvalue weighted by molar-refractivity contribution is 0.102. The molecule has 7 heteroatoms. The predicted octanol–water partition coefficient (Wildman–Crippen LogP) is 5.08. The molecular weight excluding hydrogens is 428 g/mol. The van der Waals surface area contributed by atoms with Gasteiger partial charge in [-0.3, -0.25) is 9.78 Å². The molecule has 1 aliphatic rings. The highest BCUT2D eigenvalue weighted by atomic mass is 16.4. The first kappa shape index (κ1) is 23.3. The Hall–Kier alpha value is -3.87. The number of nitrogens with one attached hydrogen (secondary N) is 2. The maximum Gasteiger partial charge on any atom is 0.404 e. The number of hydrogen-bond donors (Lipinski definition) is 3. The lowest BCUT2D eigenvalue weighted by atomic mass is 9.98. The zero-order chi connectivity index (χ0) is 24.4. The Balaban J connectivity index is 1.78. The molecule has 1 atom stereocenters. The van der Waals surface area contributed by atoms with Crippen LogP contribution in [0.2, 0.25) is 0 Å². The fraction of sp³-hybridized carbons (Fsp3) is 0.296. The van der Waals surface area contributed by atoms with Crippen molar-refractivity contribution in [2.24, 2.45) is 0 Å². The van der Waals surface area contributed by atoms with E-state index in [1.165, 1.54) is 0 Å². The number of aromatic nitrogens is 1. The van der Waals surface area contributed by atoms with Gasteiger partial charge in [0.25, 0.3) is 5.91 Å². The number of nitrogens with zero attached hydrogens (tertiary/aromatic N) is 2. The molecule has 7 nitrogen and oxygen atoms in total. The largest absolute Gasteiger partial charge is 0.465 e. The maximum absolute atomic E-state index is 13.5. The molecule has 1 saturated heterocycles. The number of carbonyl (C=O) groups excluding carboxylic acids is 1. The van der Waals surface area contributed by atoms with Crippen LogP contribution in [0, 0.1) is 27.7 Å². The summed E-state index contributed by atoms with van der Waals surface area (Å²) < 4.78 is 0. The first-order valence-electron chi connectivity index (χ1n) is 11.4. The van der Waals surface area contributed by atoms with E-state index >= 15 is 0 Å². The van der Waals surface area contributed by atoms with Crippen molar-refractivity contribution in [2.75, 3.05) is 23.3 Å². The maximum atomic E-state index is 13.5. The Morgan fingerprint density at radius 2 is 1.56 bits per heavy atom. The highest BCUT2D eigenvalue weighted by molar-refractivity contribution is 6.10. The van der Waals surface area contributed by atoms with Crippen LogP contribution in [0.25, 0.3) is 11.1 Å². The van der Waals surface area contributed by atoms with Gasteiger partial charge >= 0.3 is 6.09 Å². The summed E-state index contributed by atoms with van der Waals surface area (Å²) in [5.41, 5.74) is 8.20. The predicted molar refractivity (Wildman–Crippen MR) is 135 cm³/mol. The first-order chi connectivity index (χ1) is 16.2. The summed E-state index contributed by atoms with van der Waals surface area (Å²) >= 11 is 0. The second kappa shape index (κ2) is 9.55. The molecule has 0 radical (unpaired) electrons. The van der Waals surface area contributed by atoms with Crippen molar-refractivity contribution >= 4 is 23.4 Å². The molecule has 1 aliphatic heterocycles. The molecule has 0 spiro atoms. The van der Waals surface area contributed by atoms with Gasteiger partial charge in [-0.1, -0.05) is 35.4 Å². The fourth-order valence-electron chi connectivity index (χ4n) is 4.80. The van der Waals surface area contributed by atoms with Crippen molar-refractivity contribution < 1.29 is 14.7 Å². The minimum Gasteiger partial charge on any atom is -0.465 e. The Morgan fingerprint density at radius 3 is 2.18 bits per heavy atom. The summed E-state index contributed by atoms with van der Waals surface area (Å²) in [6, 6.07) is 12.0. The number of rotatable bonds is 5. The van der Waals surface area contributed by atoms with Crippen molar-refractivity contribution in [3.63, 3.8) is 0 Å². The van der Waals surface area contributed by atoms with Crippen LogP contribution in [0.15, 0.2) is 48.8 Å². The molecule has 0 aliphatic carbocycles. The molecule has 176 valence electrons. The number of amides is 2. The van der Waals surface area contributed by atoms with Gasteiger partial charge in [-0.25, -0.2) is 4.79 Å². The summed E-state index contributed by atoms with van der Waals surface area (Å²) in [5, 5.41) is 14.8. The number of pyridine rings is 1. The zero-order valence-corrected chi connectivity index (χ0v) is 20.0. The van der Waals surface area contributed by atoms with E-state index in [0.717, 1.165) is 44.8 Å². The monoisotopic (exact) mass is 458 g/mol. The van der Waals surface area contributed by atoms with Crippen molar-refractivity contribution in [1.29, 1.82) is 0 Å². The molecule has 3 aromatic rings. The summed E-state index contributed by atoms with van der Waals surface area (Å²) in [4.78, 5) is 31.2. The minimum absolute atomic E-state index is 0.201. The van der Waals surface area contributed by atoms with Gasteiger partial charge in [0, 0.05) is 36.7 Å². The van der Waals surface area contributed by atoms with Gasteiger partial charge in [0.1, 0.15) is 0 Å². The second-order valence-electron chi connectivity index (χ2n) is 9.17. The summed E-state index contributed by atoms with van der Waals surface area (Å²) in [6.45, 7) is 9.20. The van der Waals surface area contributed by atoms with Crippen LogP contribution in [0.5, 0.6) is 0 Å². The molecule has 0 saturated carbocycles. The molecule has 2 amide bonds. The topological polar surface area (TPSA) is 94.6 Å². The van der Waals surface area contributed by atoms with Gasteiger partial charge in [0.2, 0.25) is 0 Å². The van der Waals surface area contributed by atoms with Gasteiger partial charge < -0.3 is 20.6 Å². The third kappa shape index (κ3) is 5.20. The highest BCUT2D eigenvalue weighted by Crippen LogP contribution is 2.36. The molecular formula is C27H30N4O3. The van der Waals surface area contributed by atoms with E-state index < -0.39 is 6.09 Å². The van der Waals surface area contributed by atoms with Crippen LogP contribution in [0.3, 0.4) is 0 Å². The minimum atomic E-state index is -1.04. The van der Waals surface area contributed by atoms with Crippen LogP contribution in [-0.2, 0) is 0 Å². The van der Waals surface area contributed by atoms with Gasteiger partial charge in [0.05, 0.1) is 17.3 Å². The first-order valence-corrected chi connectivity index (χ1v) is 11.4. The Morgan fingerprint density at radius 1 is 0.941 bits per heavy atom. The Bertz CT molecular complexity index is 1210. The molecule has 2 aromatic carbocycles. The fourth-order valence-corrected chi connectivity index (χ4v) is 4.80. The molecule has 4 rings (SSSR count). The van der Waals surface area contributed by atoms with E-state index in [0.29, 0.717) is 25.1 Å². The lowest BCUT2D eigenvalue weighted by Gasteiger charge is -2.25. The normalized spacial score (nSPS) is 15.3. The van der Waals surface area contributed by atoms with Crippen LogP contribution in [0.1, 0.15) is 39.0 Å². The van der Waals surface area contributed by atoms with Crippen LogP contribution < -0.4 is 15.5 Å². The standard InChI is InChI=1S/C27H30N4O3/c1-16-7-17(2)10-20(9-16)23-13-28-14-24(25(23)31-6-5-21(15-31)30-27(33)34)26(32)29-22-11-18(3)8-19(4)12-22/h7-14,21,30H,5-6,15H2,1-4H3,(H,29,32)(H,33,34). The molecule has 1 unspecified atom stereocenters. The average Bonchev–Trinajstić information content (AvgIpc) is 3.19. The van der Waals surface area contributed by atoms with Crippen molar-refractivity contribution in [1.82, 2.24) is 10.3 Å². The SMILES string of the molecule is Cc1cc(C)cc(NC(=O)c2cncc(-c3cc(C)cc(C)c3)c2N2CCC(NC(=O)O)C2)c1. The lowest BCUT2D eigenvalue weighted by Crippen LogP contribution is -2.36. The second-order valence-corrected chi connectivity index (χ2v) is 9.17. The van der Waals surface area contributed by atoms with Crippen LogP contribution in [-0.4, -0.2) is 41.2 Å². The number of carbonyl (C=O) groups is 2. The zero-order valence-electron chi connectivity index (χ0n) is 20.0. The number of aryl methyl sites for hydroxylation is 4. The van der Waals surface area contributed by atoms with Crippen LogP contribution in [0.4, 0.5) is 16.2 Å².